The van der Waals surface area contributed by atoms with E-state index in [9.17, 15) is 15.2 Å². The van der Waals surface area contributed by atoms with E-state index < -0.39 is 29.4 Å². The minimum absolute atomic E-state index is 0.260. The lowest BCUT2D eigenvalue weighted by Gasteiger charge is -2.14. The Morgan fingerprint density at radius 3 is 2.73 bits per heavy atom. The average Bonchev–Trinajstić information content (AvgIpc) is 2.27. The molecule has 15 heavy (non-hydrogen) atoms. The van der Waals surface area contributed by atoms with Crippen molar-refractivity contribution < 1.29 is 20.2 Å². The van der Waals surface area contributed by atoms with Crippen molar-refractivity contribution in [2.24, 2.45) is 0 Å². The number of aliphatic hydroxyl groups is 3. The highest BCUT2D eigenvalue weighted by molar-refractivity contribution is 5.36. The van der Waals surface area contributed by atoms with E-state index in [-0.39, 0.29) is 5.69 Å². The third-order valence-electron chi connectivity index (χ3n) is 1.84. The fourth-order valence-corrected chi connectivity index (χ4v) is 1.07. The Labute approximate surface area is 84.8 Å². The van der Waals surface area contributed by atoms with Gasteiger partial charge in [-0.15, -0.1) is 0 Å². The van der Waals surface area contributed by atoms with Crippen LogP contribution in [-0.2, 0) is 0 Å². The molecule has 0 saturated heterocycles. The van der Waals surface area contributed by atoms with Crippen molar-refractivity contribution in [2.45, 2.75) is 12.2 Å². The van der Waals surface area contributed by atoms with Gasteiger partial charge in [0, 0.05) is 12.3 Å². The van der Waals surface area contributed by atoms with Crippen LogP contribution in [0.4, 0.5) is 5.69 Å². The summed E-state index contributed by atoms with van der Waals surface area (Å²) in [5.41, 5.74) is -0.651. The van der Waals surface area contributed by atoms with E-state index in [4.69, 9.17) is 10.2 Å². The van der Waals surface area contributed by atoms with Gasteiger partial charge in [0.25, 0.3) is 5.69 Å². The van der Waals surface area contributed by atoms with E-state index in [0.29, 0.717) is 0 Å². The molecule has 0 spiro atoms. The summed E-state index contributed by atoms with van der Waals surface area (Å²) in [6.45, 7) is -0.700. The van der Waals surface area contributed by atoms with Gasteiger partial charge >= 0.3 is 0 Å². The Kier molecular flexibility index (Phi) is 3.67. The van der Waals surface area contributed by atoms with Crippen molar-refractivity contribution in [3.63, 3.8) is 0 Å². The third-order valence-corrected chi connectivity index (χ3v) is 1.84. The van der Waals surface area contributed by atoms with Crippen LogP contribution < -0.4 is 0 Å². The van der Waals surface area contributed by atoms with Crippen LogP contribution in [0.5, 0.6) is 0 Å². The molecule has 0 aliphatic rings. The number of hydrogen-bond donors (Lipinski definition) is 3. The Bertz CT molecular complexity index is 357. The quantitative estimate of drug-likeness (QED) is 0.454. The molecular formula is C8H10N2O5. The van der Waals surface area contributed by atoms with Crippen LogP contribution in [0.3, 0.4) is 0 Å². The van der Waals surface area contributed by atoms with Gasteiger partial charge < -0.3 is 15.3 Å². The Morgan fingerprint density at radius 2 is 2.20 bits per heavy atom. The highest BCUT2D eigenvalue weighted by Gasteiger charge is 2.26. The monoisotopic (exact) mass is 214 g/mol. The zero-order chi connectivity index (χ0) is 11.4. The lowest BCUT2D eigenvalue weighted by atomic mass is 10.1. The molecule has 3 N–H and O–H groups in total. The van der Waals surface area contributed by atoms with Crippen molar-refractivity contribution in [3.05, 3.63) is 34.1 Å². The zero-order valence-corrected chi connectivity index (χ0v) is 7.65. The summed E-state index contributed by atoms with van der Waals surface area (Å²) in [7, 11) is 0. The van der Waals surface area contributed by atoms with E-state index in [1.165, 1.54) is 12.3 Å². The first kappa shape index (κ1) is 11.5. The van der Waals surface area contributed by atoms with Gasteiger partial charge in [-0.3, -0.25) is 15.1 Å². The molecule has 2 atom stereocenters. The molecule has 0 saturated carbocycles. The van der Waals surface area contributed by atoms with Crippen LogP contribution in [-0.4, -0.2) is 37.9 Å². The summed E-state index contributed by atoms with van der Waals surface area (Å²) in [4.78, 5) is 13.4. The molecule has 0 aromatic carbocycles. The molecule has 1 aromatic rings. The second-order valence-corrected chi connectivity index (χ2v) is 2.86. The van der Waals surface area contributed by atoms with Gasteiger partial charge in [0.05, 0.1) is 11.5 Å². The van der Waals surface area contributed by atoms with Crippen LogP contribution in [0.25, 0.3) is 0 Å². The SMILES string of the molecule is O=[N+]([O-])c1cccnc1C(O)C(O)CO. The number of nitrogens with zero attached hydrogens (tertiary/aromatic N) is 2. The Hall–Kier alpha value is -1.57. The van der Waals surface area contributed by atoms with Crippen LogP contribution in [0.2, 0.25) is 0 Å². The summed E-state index contributed by atoms with van der Waals surface area (Å²) < 4.78 is 0. The predicted molar refractivity (Wildman–Crippen MR) is 48.9 cm³/mol. The molecule has 1 heterocycles. The molecule has 82 valence electrons. The summed E-state index contributed by atoms with van der Waals surface area (Å²) >= 11 is 0. The second kappa shape index (κ2) is 4.78. The third kappa shape index (κ3) is 2.46. The highest BCUT2D eigenvalue weighted by Crippen LogP contribution is 2.24. The van der Waals surface area contributed by atoms with Crippen molar-refractivity contribution in [1.29, 1.82) is 0 Å². The Morgan fingerprint density at radius 1 is 1.53 bits per heavy atom. The Balaban J connectivity index is 3.07. The van der Waals surface area contributed by atoms with E-state index in [1.807, 2.05) is 0 Å². The molecule has 1 aromatic heterocycles. The van der Waals surface area contributed by atoms with Crippen molar-refractivity contribution in [2.75, 3.05) is 6.61 Å². The molecule has 2 unspecified atom stereocenters. The van der Waals surface area contributed by atoms with Crippen LogP contribution in [0, 0.1) is 10.1 Å². The van der Waals surface area contributed by atoms with Gasteiger partial charge in [-0.1, -0.05) is 0 Å². The number of hydrogen-bond acceptors (Lipinski definition) is 6. The van der Waals surface area contributed by atoms with Gasteiger partial charge in [0.15, 0.2) is 0 Å². The zero-order valence-electron chi connectivity index (χ0n) is 7.65. The molecule has 0 fully saturated rings. The maximum Gasteiger partial charge on any atom is 0.293 e. The molecule has 0 radical (unpaired) electrons. The molecule has 7 heteroatoms. The first-order valence-electron chi connectivity index (χ1n) is 4.14. The lowest BCUT2D eigenvalue weighted by Crippen LogP contribution is -2.23. The molecule has 7 nitrogen and oxygen atoms in total. The van der Waals surface area contributed by atoms with E-state index >= 15 is 0 Å². The molecule has 0 amide bonds. The van der Waals surface area contributed by atoms with Crippen molar-refractivity contribution in [1.82, 2.24) is 4.98 Å². The number of nitro groups is 1. The van der Waals surface area contributed by atoms with Crippen molar-refractivity contribution in [3.8, 4) is 0 Å². The van der Waals surface area contributed by atoms with Crippen LogP contribution in [0.15, 0.2) is 18.3 Å². The number of aromatic nitrogens is 1. The summed E-state index contributed by atoms with van der Waals surface area (Å²) in [5.74, 6) is 0. The largest absolute Gasteiger partial charge is 0.394 e. The normalized spacial score (nSPS) is 14.6. The maximum atomic E-state index is 10.5. The minimum atomic E-state index is -1.57. The minimum Gasteiger partial charge on any atom is -0.394 e. The van der Waals surface area contributed by atoms with Gasteiger partial charge in [0.2, 0.25) is 0 Å². The van der Waals surface area contributed by atoms with E-state index in [1.54, 1.807) is 0 Å². The second-order valence-electron chi connectivity index (χ2n) is 2.86. The maximum absolute atomic E-state index is 10.5. The first-order valence-corrected chi connectivity index (χ1v) is 4.14. The molecule has 0 aliphatic carbocycles. The smallest absolute Gasteiger partial charge is 0.293 e. The number of rotatable bonds is 4. The topological polar surface area (TPSA) is 117 Å². The highest BCUT2D eigenvalue weighted by atomic mass is 16.6. The molecule has 1 rings (SSSR count). The summed E-state index contributed by atoms with van der Waals surface area (Å²) in [5, 5.41) is 37.7. The predicted octanol–water partition coefficient (Wildman–Crippen LogP) is -0.624. The van der Waals surface area contributed by atoms with E-state index in [0.717, 1.165) is 6.07 Å². The number of pyridine rings is 1. The lowest BCUT2D eigenvalue weighted by molar-refractivity contribution is -0.386. The standard InChI is InChI=1S/C8H10N2O5/c11-4-6(12)8(13)7-5(10(14)15)2-1-3-9-7/h1-3,6,8,11-13H,4H2. The number of aliphatic hydroxyl groups excluding tert-OH is 3. The summed E-state index contributed by atoms with van der Waals surface area (Å²) in [6.07, 6.45) is -1.80. The summed E-state index contributed by atoms with van der Waals surface area (Å²) in [6, 6.07) is 2.51. The molecule has 0 bridgehead atoms. The van der Waals surface area contributed by atoms with Crippen LogP contribution >= 0.6 is 0 Å². The van der Waals surface area contributed by atoms with Crippen LogP contribution in [0.1, 0.15) is 11.8 Å². The molecular weight excluding hydrogens is 204 g/mol. The van der Waals surface area contributed by atoms with Gasteiger partial charge in [0.1, 0.15) is 17.9 Å². The fourth-order valence-electron chi connectivity index (χ4n) is 1.07. The first-order chi connectivity index (χ1) is 7.07. The van der Waals surface area contributed by atoms with Crippen molar-refractivity contribution >= 4 is 5.69 Å². The average molecular weight is 214 g/mol. The molecule has 0 aliphatic heterocycles. The van der Waals surface area contributed by atoms with E-state index in [2.05, 4.69) is 4.98 Å². The van der Waals surface area contributed by atoms with Gasteiger partial charge in [-0.25, -0.2) is 0 Å². The fraction of sp³-hybridized carbons (Fsp3) is 0.375. The van der Waals surface area contributed by atoms with Gasteiger partial charge in [-0.2, -0.15) is 0 Å². The van der Waals surface area contributed by atoms with Gasteiger partial charge in [-0.05, 0) is 6.07 Å².